The first kappa shape index (κ1) is 12.7. The van der Waals surface area contributed by atoms with Crippen LogP contribution in [-0.4, -0.2) is 5.11 Å². The number of benzene rings is 4. The Labute approximate surface area is 128 Å². The molecule has 0 bridgehead atoms. The van der Waals surface area contributed by atoms with Gasteiger partial charge in [0.1, 0.15) is 5.75 Å². The average molecular weight is 285 g/mol. The van der Waals surface area contributed by atoms with Gasteiger partial charge in [-0.1, -0.05) is 66.7 Å². The van der Waals surface area contributed by atoms with Gasteiger partial charge in [-0.3, -0.25) is 0 Å². The van der Waals surface area contributed by atoms with Crippen molar-refractivity contribution in [1.82, 2.24) is 0 Å². The first-order chi connectivity index (χ1) is 10.8. The summed E-state index contributed by atoms with van der Waals surface area (Å²) in [6.07, 6.45) is 0. The molecule has 0 atom stereocenters. The molecule has 22 heavy (non-hydrogen) atoms. The Morgan fingerprint density at radius 3 is 2.14 bits per heavy atom. The van der Waals surface area contributed by atoms with Crippen molar-refractivity contribution in [2.45, 2.75) is 0 Å². The Hall–Kier alpha value is -3.00. The van der Waals surface area contributed by atoms with Gasteiger partial charge in [0.15, 0.2) is 0 Å². The van der Waals surface area contributed by atoms with Gasteiger partial charge in [0, 0.05) is 5.56 Å². The normalized spacial score (nSPS) is 11.1. The van der Waals surface area contributed by atoms with Crippen molar-refractivity contribution < 1.29 is 5.11 Å². The summed E-state index contributed by atoms with van der Waals surface area (Å²) in [6.45, 7) is 0. The number of rotatable bonds is 1. The van der Waals surface area contributed by atoms with Gasteiger partial charge in [-0.2, -0.15) is 0 Å². The Bertz CT molecular complexity index is 1000. The minimum atomic E-state index is 0.127. The second-order valence-electron chi connectivity index (χ2n) is 5.43. The fourth-order valence-electron chi connectivity index (χ4n) is 3.08. The molecule has 0 unspecified atom stereocenters. The second-order valence-corrected chi connectivity index (χ2v) is 5.43. The number of nitrogens with two attached hydrogens (primary N) is 1. The molecule has 4 aromatic rings. The van der Waals surface area contributed by atoms with Crippen molar-refractivity contribution in [2.75, 3.05) is 5.73 Å². The van der Waals surface area contributed by atoms with Crippen LogP contribution in [0.3, 0.4) is 0 Å². The lowest BCUT2D eigenvalue weighted by atomic mass is 9.92. The van der Waals surface area contributed by atoms with Gasteiger partial charge < -0.3 is 10.8 Å². The number of phenols is 1. The summed E-state index contributed by atoms with van der Waals surface area (Å²) in [4.78, 5) is 0. The quantitative estimate of drug-likeness (QED) is 0.384. The van der Waals surface area contributed by atoms with Gasteiger partial charge >= 0.3 is 0 Å². The van der Waals surface area contributed by atoms with E-state index < -0.39 is 0 Å². The molecule has 0 aromatic heterocycles. The molecule has 0 heterocycles. The molecule has 0 saturated heterocycles. The topological polar surface area (TPSA) is 46.2 Å². The van der Waals surface area contributed by atoms with Gasteiger partial charge in [-0.25, -0.2) is 0 Å². The highest BCUT2D eigenvalue weighted by Gasteiger charge is 2.14. The van der Waals surface area contributed by atoms with Gasteiger partial charge in [0.25, 0.3) is 0 Å². The van der Waals surface area contributed by atoms with Crippen molar-refractivity contribution in [3.63, 3.8) is 0 Å². The summed E-state index contributed by atoms with van der Waals surface area (Å²) < 4.78 is 0. The van der Waals surface area contributed by atoms with Crippen LogP contribution in [-0.2, 0) is 0 Å². The molecule has 4 aromatic carbocycles. The van der Waals surface area contributed by atoms with Crippen molar-refractivity contribution in [2.24, 2.45) is 0 Å². The van der Waals surface area contributed by atoms with Crippen LogP contribution in [0.5, 0.6) is 5.75 Å². The van der Waals surface area contributed by atoms with Crippen molar-refractivity contribution in [3.8, 4) is 16.9 Å². The molecule has 2 heteroatoms. The molecule has 0 aliphatic carbocycles. The van der Waals surface area contributed by atoms with Crippen LogP contribution in [0.1, 0.15) is 0 Å². The van der Waals surface area contributed by atoms with Crippen molar-refractivity contribution in [3.05, 3.63) is 72.8 Å². The molecule has 3 N–H and O–H groups in total. The van der Waals surface area contributed by atoms with E-state index in [1.54, 1.807) is 6.07 Å². The van der Waals surface area contributed by atoms with E-state index in [0.717, 1.165) is 32.7 Å². The highest BCUT2D eigenvalue weighted by molar-refractivity contribution is 6.10. The fraction of sp³-hybridized carbons (Fsp3) is 0. The fourth-order valence-corrected chi connectivity index (χ4v) is 3.08. The summed E-state index contributed by atoms with van der Waals surface area (Å²) in [7, 11) is 0. The minimum absolute atomic E-state index is 0.127. The minimum Gasteiger partial charge on any atom is -0.506 e. The maximum absolute atomic E-state index is 10.2. The average Bonchev–Trinajstić information content (AvgIpc) is 2.56. The SMILES string of the molecule is Nc1c(O)cc2ccccc2c1-c1cccc2ccccc12. The van der Waals surface area contributed by atoms with Crippen LogP contribution in [0.15, 0.2) is 72.8 Å². The maximum Gasteiger partial charge on any atom is 0.139 e. The molecule has 4 rings (SSSR count). The smallest absolute Gasteiger partial charge is 0.139 e. The third-order valence-electron chi connectivity index (χ3n) is 4.13. The van der Waals surface area contributed by atoms with E-state index in [9.17, 15) is 5.11 Å². The number of hydrogen-bond donors (Lipinski definition) is 2. The standard InChI is InChI=1S/C20H15NO/c21-20-18(22)12-14-7-2-4-10-16(14)19(20)17-11-5-8-13-6-1-3-9-15(13)17/h1-12,22H,21H2. The predicted molar refractivity (Wildman–Crippen MR) is 93.0 cm³/mol. The van der Waals surface area contributed by atoms with Gasteiger partial charge in [0.2, 0.25) is 0 Å². The molecule has 0 saturated carbocycles. The van der Waals surface area contributed by atoms with Crippen molar-refractivity contribution >= 4 is 27.2 Å². The highest BCUT2D eigenvalue weighted by atomic mass is 16.3. The van der Waals surface area contributed by atoms with E-state index in [1.165, 1.54) is 0 Å². The summed E-state index contributed by atoms with van der Waals surface area (Å²) in [5.41, 5.74) is 8.59. The Morgan fingerprint density at radius 2 is 1.32 bits per heavy atom. The molecule has 0 amide bonds. The van der Waals surface area contributed by atoms with Gasteiger partial charge in [-0.05, 0) is 33.2 Å². The van der Waals surface area contributed by atoms with E-state index in [4.69, 9.17) is 5.73 Å². The maximum atomic E-state index is 10.2. The van der Waals surface area contributed by atoms with Gasteiger partial charge in [0.05, 0.1) is 5.69 Å². The predicted octanol–water partition coefficient (Wildman–Crippen LogP) is 4.95. The summed E-state index contributed by atoms with van der Waals surface area (Å²) in [5, 5.41) is 14.5. The molecule has 106 valence electrons. The number of fused-ring (bicyclic) bond motifs is 2. The Balaban J connectivity index is 2.19. The third kappa shape index (κ3) is 1.81. The Morgan fingerprint density at radius 1 is 0.682 bits per heavy atom. The zero-order valence-electron chi connectivity index (χ0n) is 12.0. The van der Waals surface area contributed by atoms with Gasteiger partial charge in [-0.15, -0.1) is 0 Å². The molecular formula is C20H15NO. The van der Waals surface area contributed by atoms with E-state index in [-0.39, 0.29) is 5.75 Å². The molecular weight excluding hydrogens is 270 g/mol. The monoisotopic (exact) mass is 285 g/mol. The van der Waals surface area contributed by atoms with Crippen LogP contribution in [0.4, 0.5) is 5.69 Å². The first-order valence-electron chi connectivity index (χ1n) is 7.24. The summed E-state index contributed by atoms with van der Waals surface area (Å²) in [5.74, 6) is 0.127. The molecule has 0 aliphatic heterocycles. The Kier molecular flexibility index (Phi) is 2.76. The molecule has 0 aliphatic rings. The number of nitrogen functional groups attached to an aromatic ring is 1. The zero-order chi connectivity index (χ0) is 15.1. The van der Waals surface area contributed by atoms with E-state index >= 15 is 0 Å². The first-order valence-corrected chi connectivity index (χ1v) is 7.24. The molecule has 0 spiro atoms. The lowest BCUT2D eigenvalue weighted by Gasteiger charge is -2.14. The largest absolute Gasteiger partial charge is 0.506 e. The van der Waals surface area contributed by atoms with Crippen LogP contribution < -0.4 is 5.73 Å². The third-order valence-corrected chi connectivity index (χ3v) is 4.13. The van der Waals surface area contributed by atoms with E-state index in [0.29, 0.717) is 5.69 Å². The van der Waals surface area contributed by atoms with Crippen LogP contribution >= 0.6 is 0 Å². The van der Waals surface area contributed by atoms with Crippen molar-refractivity contribution in [1.29, 1.82) is 0 Å². The van der Waals surface area contributed by atoms with Crippen LogP contribution in [0.25, 0.3) is 32.7 Å². The summed E-state index contributed by atoms with van der Waals surface area (Å²) in [6, 6.07) is 24.1. The lowest BCUT2D eigenvalue weighted by Crippen LogP contribution is -1.93. The number of anilines is 1. The molecule has 2 nitrogen and oxygen atoms in total. The second kappa shape index (κ2) is 4.78. The van der Waals surface area contributed by atoms with E-state index in [1.807, 2.05) is 42.5 Å². The highest BCUT2D eigenvalue weighted by Crippen LogP contribution is 2.42. The summed E-state index contributed by atoms with van der Waals surface area (Å²) >= 11 is 0. The number of phenolic OH excluding ortho intramolecular Hbond substituents is 1. The zero-order valence-corrected chi connectivity index (χ0v) is 12.0. The van der Waals surface area contributed by atoms with Crippen LogP contribution in [0, 0.1) is 0 Å². The number of aromatic hydroxyl groups is 1. The number of hydrogen-bond acceptors (Lipinski definition) is 2. The van der Waals surface area contributed by atoms with E-state index in [2.05, 4.69) is 24.3 Å². The lowest BCUT2D eigenvalue weighted by molar-refractivity contribution is 0.479. The molecule has 0 radical (unpaired) electrons. The van der Waals surface area contributed by atoms with Crippen LogP contribution in [0.2, 0.25) is 0 Å². The molecule has 0 fully saturated rings.